The van der Waals surface area contributed by atoms with E-state index >= 15 is 0 Å². The number of hydrogen-bond donors (Lipinski definition) is 3. The van der Waals surface area contributed by atoms with E-state index in [0.717, 1.165) is 29.5 Å². The minimum atomic E-state index is -0.798. The molecule has 2 aromatic heterocycles. The molecule has 0 spiro atoms. The number of hydrogen-bond acceptors (Lipinski definition) is 6. The van der Waals surface area contributed by atoms with Crippen molar-refractivity contribution in [1.82, 2.24) is 9.97 Å². The van der Waals surface area contributed by atoms with Crippen LogP contribution in [-0.2, 0) is 12.8 Å². The molecule has 0 amide bonds. The van der Waals surface area contributed by atoms with Gasteiger partial charge >= 0.3 is 0 Å². The number of aromatic nitrogens is 2. The van der Waals surface area contributed by atoms with E-state index < -0.39 is 6.10 Å². The SMILES string of the molecule is C[C@@H]1CCc2c(sc3nc(SC[C@H](O)CO)[nH]c(=O)c23)C1. The van der Waals surface area contributed by atoms with Crippen molar-refractivity contribution in [3.8, 4) is 0 Å². The summed E-state index contributed by atoms with van der Waals surface area (Å²) in [4.78, 5) is 21.7. The molecule has 7 heteroatoms. The lowest BCUT2D eigenvalue weighted by atomic mass is 9.89. The zero-order chi connectivity index (χ0) is 15.0. The molecule has 2 heterocycles. The summed E-state index contributed by atoms with van der Waals surface area (Å²) in [6.07, 6.45) is 2.31. The van der Waals surface area contributed by atoms with E-state index in [1.54, 1.807) is 11.3 Å². The zero-order valence-electron chi connectivity index (χ0n) is 11.8. The molecule has 0 aliphatic heterocycles. The number of nitrogens with one attached hydrogen (secondary N) is 1. The van der Waals surface area contributed by atoms with Gasteiger partial charge in [-0.15, -0.1) is 11.3 Å². The fourth-order valence-corrected chi connectivity index (χ4v) is 4.84. The van der Waals surface area contributed by atoms with E-state index in [2.05, 4.69) is 16.9 Å². The molecule has 0 saturated heterocycles. The van der Waals surface area contributed by atoms with E-state index in [4.69, 9.17) is 5.11 Å². The molecule has 1 aliphatic carbocycles. The van der Waals surface area contributed by atoms with E-state index in [1.807, 2.05) is 0 Å². The number of nitrogens with zero attached hydrogens (tertiary/aromatic N) is 1. The maximum atomic E-state index is 12.3. The summed E-state index contributed by atoms with van der Waals surface area (Å²) < 4.78 is 0. The number of aryl methyl sites for hydroxylation is 1. The molecule has 3 N–H and O–H groups in total. The third-order valence-corrected chi connectivity index (χ3v) is 5.93. The van der Waals surface area contributed by atoms with Gasteiger partial charge in [0.1, 0.15) is 4.83 Å². The Morgan fingerprint density at radius 2 is 2.38 bits per heavy atom. The Labute approximate surface area is 130 Å². The van der Waals surface area contributed by atoms with Crippen LogP contribution in [0.5, 0.6) is 0 Å². The predicted octanol–water partition coefficient (Wildman–Crippen LogP) is 1.55. The van der Waals surface area contributed by atoms with Crippen LogP contribution in [0.4, 0.5) is 0 Å². The van der Waals surface area contributed by atoms with Gasteiger partial charge in [-0.05, 0) is 30.7 Å². The highest BCUT2D eigenvalue weighted by atomic mass is 32.2. The summed E-state index contributed by atoms with van der Waals surface area (Å²) in [6.45, 7) is 1.95. The molecule has 2 atom stereocenters. The average molecular weight is 326 g/mol. The summed E-state index contributed by atoms with van der Waals surface area (Å²) in [6, 6.07) is 0. The standard InChI is InChI=1S/C14H18N2O3S2/c1-7-2-3-9-10(4-7)21-13-11(9)12(19)15-14(16-13)20-6-8(18)5-17/h7-8,17-18H,2-6H2,1H3,(H,15,16,19)/t7-,8-/m1/s1. The number of H-pyrrole nitrogens is 1. The Balaban J connectivity index is 1.95. The summed E-state index contributed by atoms with van der Waals surface area (Å²) in [5, 5.41) is 19.4. The lowest BCUT2D eigenvalue weighted by Crippen LogP contribution is -2.16. The van der Waals surface area contributed by atoms with Crippen molar-refractivity contribution in [2.45, 2.75) is 37.4 Å². The van der Waals surface area contributed by atoms with E-state index in [0.29, 0.717) is 16.8 Å². The molecule has 3 rings (SSSR count). The van der Waals surface area contributed by atoms with Gasteiger partial charge in [0.25, 0.3) is 5.56 Å². The zero-order valence-corrected chi connectivity index (χ0v) is 13.4. The van der Waals surface area contributed by atoms with Gasteiger partial charge in [0.05, 0.1) is 18.1 Å². The van der Waals surface area contributed by atoms with Crippen LogP contribution in [0.25, 0.3) is 10.2 Å². The number of aliphatic hydroxyl groups is 2. The molecular weight excluding hydrogens is 308 g/mol. The highest BCUT2D eigenvalue weighted by molar-refractivity contribution is 7.99. The second-order valence-electron chi connectivity index (χ2n) is 5.55. The third-order valence-electron chi connectivity index (χ3n) is 3.77. The first-order valence-electron chi connectivity index (χ1n) is 7.04. The topological polar surface area (TPSA) is 86.2 Å². The largest absolute Gasteiger partial charge is 0.394 e. The molecule has 0 bridgehead atoms. The lowest BCUT2D eigenvalue weighted by Gasteiger charge is -2.17. The van der Waals surface area contributed by atoms with Gasteiger partial charge < -0.3 is 15.2 Å². The first kappa shape index (κ1) is 15.0. The normalized spacial score (nSPS) is 19.7. The number of aliphatic hydroxyl groups excluding tert-OH is 2. The summed E-state index contributed by atoms with van der Waals surface area (Å²) >= 11 is 2.87. The van der Waals surface area contributed by atoms with Crippen molar-refractivity contribution in [3.63, 3.8) is 0 Å². The van der Waals surface area contributed by atoms with Crippen LogP contribution in [0.15, 0.2) is 9.95 Å². The van der Waals surface area contributed by atoms with Crippen LogP contribution in [0, 0.1) is 5.92 Å². The summed E-state index contributed by atoms with van der Waals surface area (Å²) in [7, 11) is 0. The predicted molar refractivity (Wildman–Crippen MR) is 85.2 cm³/mol. The second-order valence-corrected chi connectivity index (χ2v) is 7.64. The molecule has 0 saturated carbocycles. The maximum absolute atomic E-state index is 12.3. The fourth-order valence-electron chi connectivity index (χ4n) is 2.63. The van der Waals surface area contributed by atoms with Gasteiger partial charge in [0.15, 0.2) is 5.16 Å². The van der Waals surface area contributed by atoms with Crippen molar-refractivity contribution < 1.29 is 10.2 Å². The van der Waals surface area contributed by atoms with Crippen molar-refractivity contribution in [2.75, 3.05) is 12.4 Å². The first-order chi connectivity index (χ1) is 10.1. The maximum Gasteiger partial charge on any atom is 0.260 e. The van der Waals surface area contributed by atoms with Crippen LogP contribution in [-0.4, -0.2) is 38.6 Å². The van der Waals surface area contributed by atoms with Crippen LogP contribution in [0.1, 0.15) is 23.8 Å². The highest BCUT2D eigenvalue weighted by Gasteiger charge is 2.23. The number of thioether (sulfide) groups is 1. The van der Waals surface area contributed by atoms with Gasteiger partial charge in [0.2, 0.25) is 0 Å². The van der Waals surface area contributed by atoms with Gasteiger partial charge in [-0.25, -0.2) is 4.98 Å². The number of rotatable bonds is 4. The monoisotopic (exact) mass is 326 g/mol. The van der Waals surface area contributed by atoms with Gasteiger partial charge in [0, 0.05) is 10.6 Å². The molecule has 21 heavy (non-hydrogen) atoms. The fraction of sp³-hybridized carbons (Fsp3) is 0.571. The number of thiophene rings is 1. The quantitative estimate of drug-likeness (QED) is 0.586. The van der Waals surface area contributed by atoms with Crippen molar-refractivity contribution in [1.29, 1.82) is 0 Å². The average Bonchev–Trinajstić information content (AvgIpc) is 2.82. The van der Waals surface area contributed by atoms with E-state index in [1.165, 1.54) is 22.2 Å². The van der Waals surface area contributed by atoms with Crippen molar-refractivity contribution in [2.24, 2.45) is 5.92 Å². The minimum Gasteiger partial charge on any atom is -0.394 e. The Hall–Kier alpha value is -0.890. The summed E-state index contributed by atoms with van der Waals surface area (Å²) in [5.41, 5.74) is 1.09. The molecular formula is C14H18N2O3S2. The van der Waals surface area contributed by atoms with Crippen molar-refractivity contribution in [3.05, 3.63) is 20.8 Å². The highest BCUT2D eigenvalue weighted by Crippen LogP contribution is 2.36. The summed E-state index contributed by atoms with van der Waals surface area (Å²) in [5.74, 6) is 0.978. The van der Waals surface area contributed by atoms with Crippen LogP contribution < -0.4 is 5.56 Å². The van der Waals surface area contributed by atoms with Crippen LogP contribution >= 0.6 is 23.1 Å². The number of fused-ring (bicyclic) bond motifs is 3. The Morgan fingerprint density at radius 1 is 1.57 bits per heavy atom. The van der Waals surface area contributed by atoms with Crippen molar-refractivity contribution >= 4 is 33.3 Å². The van der Waals surface area contributed by atoms with Crippen LogP contribution in [0.2, 0.25) is 0 Å². The van der Waals surface area contributed by atoms with E-state index in [-0.39, 0.29) is 12.2 Å². The molecule has 0 radical (unpaired) electrons. The molecule has 2 aromatic rings. The Morgan fingerprint density at radius 3 is 3.14 bits per heavy atom. The Bertz CT molecular complexity index is 710. The first-order valence-corrected chi connectivity index (χ1v) is 8.85. The number of aromatic amines is 1. The van der Waals surface area contributed by atoms with Gasteiger partial charge in [-0.3, -0.25) is 4.79 Å². The van der Waals surface area contributed by atoms with Crippen LogP contribution in [0.3, 0.4) is 0 Å². The smallest absolute Gasteiger partial charge is 0.260 e. The molecule has 114 valence electrons. The minimum absolute atomic E-state index is 0.0898. The third kappa shape index (κ3) is 3.01. The molecule has 0 unspecified atom stereocenters. The van der Waals surface area contributed by atoms with E-state index in [9.17, 15) is 9.90 Å². The second kappa shape index (κ2) is 6.08. The van der Waals surface area contributed by atoms with Gasteiger partial charge in [-0.2, -0.15) is 0 Å². The Kier molecular flexibility index (Phi) is 4.35. The molecule has 1 aliphatic rings. The lowest BCUT2D eigenvalue weighted by molar-refractivity contribution is 0.113. The molecule has 0 aromatic carbocycles. The molecule has 0 fully saturated rings. The molecule has 5 nitrogen and oxygen atoms in total. The van der Waals surface area contributed by atoms with Gasteiger partial charge in [-0.1, -0.05) is 18.7 Å².